The summed E-state index contributed by atoms with van der Waals surface area (Å²) in [6.07, 6.45) is 2.71. The number of rotatable bonds is 4. The molecule has 0 radical (unpaired) electrons. The van der Waals surface area contributed by atoms with Crippen molar-refractivity contribution in [2.24, 2.45) is 0 Å². The quantitative estimate of drug-likeness (QED) is 0.529. The van der Waals surface area contributed by atoms with Gasteiger partial charge in [-0.05, 0) is 25.3 Å². The van der Waals surface area contributed by atoms with Crippen LogP contribution in [0.4, 0.5) is 4.39 Å². The number of hydrogen-bond donors (Lipinski definition) is 0. The maximum Gasteiger partial charge on any atom is 0.327 e. The van der Waals surface area contributed by atoms with Crippen LogP contribution in [0.1, 0.15) is 18.9 Å². The molecule has 0 N–H and O–H groups in total. The average Bonchev–Trinajstić information content (AvgIpc) is 2.20. The molecule has 0 saturated heterocycles. The molecule has 0 aliphatic rings. The SMILES string of the molecule is C/C=C(\CCc1ccccc1)C(=O)F. The third kappa shape index (κ3) is 3.13. The van der Waals surface area contributed by atoms with Crippen molar-refractivity contribution in [2.75, 3.05) is 0 Å². The van der Waals surface area contributed by atoms with Gasteiger partial charge >= 0.3 is 6.04 Å². The molecule has 0 fully saturated rings. The van der Waals surface area contributed by atoms with E-state index in [1.165, 1.54) is 6.08 Å². The third-order valence-electron chi connectivity index (χ3n) is 2.13. The number of allylic oxidation sites excluding steroid dienone is 2. The number of halogens is 1. The molecule has 0 bridgehead atoms. The van der Waals surface area contributed by atoms with E-state index in [0.29, 0.717) is 12.8 Å². The topological polar surface area (TPSA) is 17.1 Å². The summed E-state index contributed by atoms with van der Waals surface area (Å²) >= 11 is 0. The summed E-state index contributed by atoms with van der Waals surface area (Å²) in [5.41, 5.74) is 1.38. The van der Waals surface area contributed by atoms with E-state index in [1.807, 2.05) is 30.3 Å². The Kier molecular flexibility index (Phi) is 4.05. The molecule has 1 aromatic rings. The van der Waals surface area contributed by atoms with Gasteiger partial charge in [0.15, 0.2) is 0 Å². The molecule has 0 aliphatic carbocycles. The second-order valence-corrected chi connectivity index (χ2v) is 3.07. The van der Waals surface area contributed by atoms with Gasteiger partial charge in [-0.15, -0.1) is 0 Å². The maximum absolute atomic E-state index is 12.4. The fourth-order valence-corrected chi connectivity index (χ4v) is 1.28. The molecule has 1 aromatic carbocycles. The largest absolute Gasteiger partial charge is 0.327 e. The van der Waals surface area contributed by atoms with Gasteiger partial charge in [-0.3, -0.25) is 4.79 Å². The Balaban J connectivity index is 2.53. The zero-order chi connectivity index (χ0) is 10.4. The standard InChI is InChI=1S/C12H13FO/c1-2-11(12(13)14)9-8-10-6-4-3-5-7-10/h2-7H,8-9H2,1H3/b11-2+. The molecule has 0 amide bonds. The van der Waals surface area contributed by atoms with Gasteiger partial charge < -0.3 is 0 Å². The Labute approximate surface area is 83.3 Å². The van der Waals surface area contributed by atoms with Gasteiger partial charge in [0.2, 0.25) is 0 Å². The minimum atomic E-state index is -1.32. The normalized spacial score (nSPS) is 11.4. The van der Waals surface area contributed by atoms with Crippen molar-refractivity contribution < 1.29 is 9.18 Å². The second kappa shape index (κ2) is 5.32. The highest BCUT2D eigenvalue weighted by molar-refractivity contribution is 5.87. The summed E-state index contributed by atoms with van der Waals surface area (Å²) in [5, 5.41) is 0. The van der Waals surface area contributed by atoms with E-state index in [1.54, 1.807) is 6.92 Å². The lowest BCUT2D eigenvalue weighted by atomic mass is 10.1. The number of carbonyl (C=O) groups is 1. The molecule has 0 atom stereocenters. The predicted octanol–water partition coefficient (Wildman–Crippen LogP) is 3.06. The minimum Gasteiger partial charge on any atom is -0.256 e. The lowest BCUT2D eigenvalue weighted by molar-refractivity contribution is -0.125. The van der Waals surface area contributed by atoms with Crippen molar-refractivity contribution in [3.63, 3.8) is 0 Å². The first-order valence-electron chi connectivity index (χ1n) is 4.63. The van der Waals surface area contributed by atoms with Gasteiger partial charge in [-0.1, -0.05) is 36.4 Å². The molecular formula is C12H13FO. The molecule has 0 spiro atoms. The third-order valence-corrected chi connectivity index (χ3v) is 2.13. The van der Waals surface area contributed by atoms with Crippen LogP contribution in [0.15, 0.2) is 42.0 Å². The first-order valence-corrected chi connectivity index (χ1v) is 4.63. The summed E-state index contributed by atoms with van der Waals surface area (Å²) in [4.78, 5) is 10.5. The molecule has 1 nitrogen and oxygen atoms in total. The van der Waals surface area contributed by atoms with Crippen LogP contribution in [-0.4, -0.2) is 6.04 Å². The lowest BCUT2D eigenvalue weighted by Gasteiger charge is -2.00. The Morgan fingerprint density at radius 2 is 2.00 bits per heavy atom. The minimum absolute atomic E-state index is 0.258. The summed E-state index contributed by atoms with van der Waals surface area (Å²) in [7, 11) is 0. The molecule has 2 heteroatoms. The fraction of sp³-hybridized carbons (Fsp3) is 0.250. The van der Waals surface area contributed by atoms with E-state index in [-0.39, 0.29) is 5.57 Å². The van der Waals surface area contributed by atoms with Gasteiger partial charge in [-0.25, -0.2) is 0 Å². The highest BCUT2D eigenvalue weighted by atomic mass is 19.1. The Hall–Kier alpha value is -1.44. The summed E-state index contributed by atoms with van der Waals surface area (Å²) in [6, 6.07) is 8.42. The first kappa shape index (κ1) is 10.6. The van der Waals surface area contributed by atoms with Gasteiger partial charge in [0.1, 0.15) is 0 Å². The number of benzene rings is 1. The molecule has 0 unspecified atom stereocenters. The van der Waals surface area contributed by atoms with E-state index in [4.69, 9.17) is 0 Å². The van der Waals surface area contributed by atoms with Gasteiger partial charge in [0, 0.05) is 5.57 Å². The van der Waals surface area contributed by atoms with Gasteiger partial charge in [-0.2, -0.15) is 4.39 Å². The van der Waals surface area contributed by atoms with Crippen LogP contribution in [0.25, 0.3) is 0 Å². The molecule has 0 aromatic heterocycles. The zero-order valence-electron chi connectivity index (χ0n) is 8.16. The van der Waals surface area contributed by atoms with Crippen molar-refractivity contribution in [1.29, 1.82) is 0 Å². The van der Waals surface area contributed by atoms with Crippen molar-refractivity contribution in [2.45, 2.75) is 19.8 Å². The van der Waals surface area contributed by atoms with Crippen LogP contribution in [0.3, 0.4) is 0 Å². The monoisotopic (exact) mass is 192 g/mol. The van der Waals surface area contributed by atoms with Crippen LogP contribution >= 0.6 is 0 Å². The highest BCUT2D eigenvalue weighted by Gasteiger charge is 2.06. The second-order valence-electron chi connectivity index (χ2n) is 3.07. The number of aryl methyl sites for hydroxylation is 1. The molecule has 1 rings (SSSR count). The molecular weight excluding hydrogens is 179 g/mol. The van der Waals surface area contributed by atoms with Crippen molar-refractivity contribution in [3.8, 4) is 0 Å². The van der Waals surface area contributed by atoms with Crippen LogP contribution in [0.2, 0.25) is 0 Å². The van der Waals surface area contributed by atoms with E-state index in [0.717, 1.165) is 5.56 Å². The maximum atomic E-state index is 12.4. The van der Waals surface area contributed by atoms with Crippen LogP contribution in [-0.2, 0) is 11.2 Å². The summed E-state index contributed by atoms with van der Waals surface area (Å²) in [5.74, 6) is 0. The van der Waals surface area contributed by atoms with Crippen LogP contribution < -0.4 is 0 Å². The molecule has 14 heavy (non-hydrogen) atoms. The molecule has 0 saturated carbocycles. The van der Waals surface area contributed by atoms with E-state index in [9.17, 15) is 9.18 Å². The Bertz CT molecular complexity index is 327. The van der Waals surface area contributed by atoms with Crippen molar-refractivity contribution in [3.05, 3.63) is 47.5 Å². The smallest absolute Gasteiger partial charge is 0.256 e. The van der Waals surface area contributed by atoms with Crippen LogP contribution in [0, 0.1) is 0 Å². The summed E-state index contributed by atoms with van der Waals surface area (Å²) < 4.78 is 12.4. The summed E-state index contributed by atoms with van der Waals surface area (Å²) in [6.45, 7) is 1.68. The Morgan fingerprint density at radius 1 is 1.36 bits per heavy atom. The number of carbonyl (C=O) groups excluding carboxylic acids is 1. The number of hydrogen-bond acceptors (Lipinski definition) is 1. The molecule has 0 heterocycles. The fourth-order valence-electron chi connectivity index (χ4n) is 1.28. The average molecular weight is 192 g/mol. The van der Waals surface area contributed by atoms with E-state index in [2.05, 4.69) is 0 Å². The lowest BCUT2D eigenvalue weighted by Crippen LogP contribution is -1.96. The Morgan fingerprint density at radius 3 is 2.50 bits per heavy atom. The van der Waals surface area contributed by atoms with Crippen LogP contribution in [0.5, 0.6) is 0 Å². The first-order chi connectivity index (χ1) is 6.74. The van der Waals surface area contributed by atoms with E-state index < -0.39 is 6.04 Å². The molecule has 0 aliphatic heterocycles. The van der Waals surface area contributed by atoms with E-state index >= 15 is 0 Å². The van der Waals surface area contributed by atoms with Crippen molar-refractivity contribution in [1.82, 2.24) is 0 Å². The van der Waals surface area contributed by atoms with Gasteiger partial charge in [0.05, 0.1) is 0 Å². The van der Waals surface area contributed by atoms with Gasteiger partial charge in [0.25, 0.3) is 0 Å². The molecule has 74 valence electrons. The zero-order valence-corrected chi connectivity index (χ0v) is 8.16. The predicted molar refractivity (Wildman–Crippen MR) is 54.6 cm³/mol. The van der Waals surface area contributed by atoms with Crippen molar-refractivity contribution >= 4 is 6.04 Å². The highest BCUT2D eigenvalue weighted by Crippen LogP contribution is 2.10.